The van der Waals surface area contributed by atoms with Gasteiger partial charge in [-0.3, -0.25) is 4.90 Å². The first-order chi connectivity index (χ1) is 9.47. The summed E-state index contributed by atoms with van der Waals surface area (Å²) in [7, 11) is 0. The first-order valence-electron chi connectivity index (χ1n) is 6.20. The summed E-state index contributed by atoms with van der Waals surface area (Å²) in [6, 6.07) is 2.15. The number of benzene rings is 1. The lowest BCUT2D eigenvalue weighted by Gasteiger charge is -2.27. The number of hydrogen-bond acceptors (Lipinski definition) is 3. The summed E-state index contributed by atoms with van der Waals surface area (Å²) in [4.78, 5) is 22.6. The van der Waals surface area contributed by atoms with Crippen molar-refractivity contribution in [2.75, 3.05) is 4.90 Å². The molecule has 1 atom stereocenters. The number of carbonyl (C=O) groups excluding carboxylic acids is 2. The third kappa shape index (κ3) is 4.27. The van der Waals surface area contributed by atoms with Gasteiger partial charge in [-0.15, -0.1) is 0 Å². The number of halogens is 2. The fourth-order valence-electron chi connectivity index (χ4n) is 1.83. The molecule has 0 aromatic heterocycles. The largest absolute Gasteiger partial charge is 0.351 e. The number of primary amides is 1. The molecule has 5 nitrogen and oxygen atoms in total. The number of nitrogens with zero attached hydrogens (tertiary/aromatic N) is 1. The molecule has 1 rings (SSSR count). The predicted molar refractivity (Wildman–Crippen MR) is 70.9 cm³/mol. The maximum Gasteiger partial charge on any atom is 0.320 e. The maximum absolute atomic E-state index is 13.2. The van der Waals surface area contributed by atoms with Crippen LogP contribution in [0.25, 0.3) is 0 Å². The molecule has 0 aliphatic heterocycles. The van der Waals surface area contributed by atoms with Gasteiger partial charge < -0.3 is 16.3 Å². The van der Waals surface area contributed by atoms with Crippen molar-refractivity contribution >= 4 is 18.0 Å². The van der Waals surface area contributed by atoms with Crippen molar-refractivity contribution in [2.45, 2.75) is 31.8 Å². The third-order valence-corrected chi connectivity index (χ3v) is 2.82. The summed E-state index contributed by atoms with van der Waals surface area (Å²) in [6.45, 7) is 0. The van der Waals surface area contributed by atoms with E-state index in [0.29, 0.717) is 25.7 Å². The highest BCUT2D eigenvalue weighted by atomic mass is 19.2. The summed E-state index contributed by atoms with van der Waals surface area (Å²) in [6.07, 6.45) is 2.11. The van der Waals surface area contributed by atoms with E-state index in [4.69, 9.17) is 11.5 Å². The molecule has 0 heterocycles. The van der Waals surface area contributed by atoms with Crippen LogP contribution in [0.15, 0.2) is 18.2 Å². The Balaban J connectivity index is 2.79. The minimum absolute atomic E-state index is 0.0966. The van der Waals surface area contributed by atoms with Crippen molar-refractivity contribution in [1.29, 1.82) is 0 Å². The zero-order valence-corrected chi connectivity index (χ0v) is 10.9. The van der Waals surface area contributed by atoms with Gasteiger partial charge in [-0.25, -0.2) is 13.6 Å². The average Bonchev–Trinajstić information content (AvgIpc) is 2.39. The number of aldehydes is 1. The minimum atomic E-state index is -1.08. The Bertz CT molecular complexity index is 483. The lowest BCUT2D eigenvalue weighted by molar-refractivity contribution is -0.107. The van der Waals surface area contributed by atoms with Crippen LogP contribution in [0.4, 0.5) is 19.3 Å². The molecule has 0 bridgehead atoms. The summed E-state index contributed by atoms with van der Waals surface area (Å²) >= 11 is 0. The van der Waals surface area contributed by atoms with Crippen molar-refractivity contribution in [3.05, 3.63) is 29.8 Å². The number of urea groups is 1. The van der Waals surface area contributed by atoms with E-state index in [1.54, 1.807) is 0 Å². The molecule has 0 saturated carbocycles. The highest BCUT2D eigenvalue weighted by molar-refractivity contribution is 5.91. The Morgan fingerprint density at radius 3 is 2.55 bits per heavy atom. The lowest BCUT2D eigenvalue weighted by Crippen LogP contribution is -2.48. The van der Waals surface area contributed by atoms with Crippen LogP contribution in [0.2, 0.25) is 0 Å². The Morgan fingerprint density at radius 2 is 2.00 bits per heavy atom. The fraction of sp³-hybridized carbons (Fsp3) is 0.385. The molecular weight excluding hydrogens is 268 g/mol. The molecule has 0 spiro atoms. The highest BCUT2D eigenvalue weighted by Crippen LogP contribution is 2.20. The van der Waals surface area contributed by atoms with Gasteiger partial charge in [-0.05, 0) is 31.4 Å². The van der Waals surface area contributed by atoms with E-state index in [9.17, 15) is 18.4 Å². The Hall–Kier alpha value is -2.02. The predicted octanol–water partition coefficient (Wildman–Crippen LogP) is 1.89. The van der Waals surface area contributed by atoms with E-state index < -0.39 is 23.8 Å². The van der Waals surface area contributed by atoms with E-state index in [1.807, 2.05) is 0 Å². The fourth-order valence-corrected chi connectivity index (χ4v) is 1.83. The van der Waals surface area contributed by atoms with Crippen LogP contribution in [-0.4, -0.2) is 18.5 Å². The van der Waals surface area contributed by atoms with Crippen LogP contribution in [0.3, 0.4) is 0 Å². The van der Waals surface area contributed by atoms with Crippen LogP contribution in [0.1, 0.15) is 25.7 Å². The number of rotatable bonds is 7. The van der Waals surface area contributed by atoms with Gasteiger partial charge in [-0.2, -0.15) is 0 Å². The highest BCUT2D eigenvalue weighted by Gasteiger charge is 2.21. The SMILES string of the molecule is NC(=O)N(c1ccc(F)c(F)c1)C(N)CCCCC=O. The lowest BCUT2D eigenvalue weighted by atomic mass is 10.1. The monoisotopic (exact) mass is 285 g/mol. The molecule has 0 radical (unpaired) electrons. The van der Waals surface area contributed by atoms with Crippen LogP contribution in [-0.2, 0) is 4.79 Å². The zero-order valence-electron chi connectivity index (χ0n) is 10.9. The molecule has 0 aliphatic carbocycles. The van der Waals surface area contributed by atoms with Crippen LogP contribution in [0.5, 0.6) is 0 Å². The zero-order chi connectivity index (χ0) is 15.1. The van der Waals surface area contributed by atoms with Gasteiger partial charge in [-0.1, -0.05) is 0 Å². The molecule has 7 heteroatoms. The van der Waals surface area contributed by atoms with Gasteiger partial charge in [0.25, 0.3) is 0 Å². The smallest absolute Gasteiger partial charge is 0.320 e. The topological polar surface area (TPSA) is 89.4 Å². The molecule has 110 valence electrons. The van der Waals surface area contributed by atoms with Gasteiger partial charge in [0.15, 0.2) is 11.6 Å². The van der Waals surface area contributed by atoms with E-state index in [0.717, 1.165) is 23.3 Å². The molecule has 0 fully saturated rings. The van der Waals surface area contributed by atoms with Crippen molar-refractivity contribution in [3.63, 3.8) is 0 Å². The summed E-state index contributed by atoms with van der Waals surface area (Å²) in [5.41, 5.74) is 11.2. The molecule has 20 heavy (non-hydrogen) atoms. The second-order valence-electron chi connectivity index (χ2n) is 4.33. The van der Waals surface area contributed by atoms with Crippen molar-refractivity contribution < 1.29 is 18.4 Å². The number of nitrogens with two attached hydrogens (primary N) is 2. The molecular formula is C13H17F2N3O2. The van der Waals surface area contributed by atoms with Crippen LogP contribution < -0.4 is 16.4 Å². The molecule has 1 aromatic rings. The van der Waals surface area contributed by atoms with Crippen LogP contribution in [0, 0.1) is 11.6 Å². The number of unbranched alkanes of at least 4 members (excludes halogenated alkanes) is 2. The van der Waals surface area contributed by atoms with Gasteiger partial charge in [0, 0.05) is 12.5 Å². The Kier molecular flexibility index (Phi) is 6.05. The first-order valence-corrected chi connectivity index (χ1v) is 6.20. The Morgan fingerprint density at radius 1 is 1.30 bits per heavy atom. The van der Waals surface area contributed by atoms with Crippen molar-refractivity contribution in [1.82, 2.24) is 0 Å². The van der Waals surface area contributed by atoms with Crippen molar-refractivity contribution in [2.24, 2.45) is 11.5 Å². The summed E-state index contributed by atoms with van der Waals surface area (Å²) < 4.78 is 26.1. The quantitative estimate of drug-likeness (QED) is 0.455. The average molecular weight is 285 g/mol. The Labute approximate surface area is 115 Å². The first kappa shape index (κ1) is 16.0. The van der Waals surface area contributed by atoms with E-state index in [1.165, 1.54) is 6.07 Å². The number of hydrogen-bond donors (Lipinski definition) is 2. The van der Waals surface area contributed by atoms with Gasteiger partial charge in [0.05, 0.1) is 11.9 Å². The number of anilines is 1. The second kappa shape index (κ2) is 7.54. The number of amides is 2. The molecule has 0 saturated heterocycles. The standard InChI is InChI=1S/C13H17F2N3O2/c14-10-6-5-9(8-11(10)15)18(13(17)20)12(16)4-2-1-3-7-19/h5-8,12H,1-4,16H2,(H2,17,20). The normalized spacial score (nSPS) is 11.9. The van der Waals surface area contributed by atoms with E-state index in [-0.39, 0.29) is 5.69 Å². The second-order valence-corrected chi connectivity index (χ2v) is 4.33. The molecule has 4 N–H and O–H groups in total. The third-order valence-electron chi connectivity index (χ3n) is 2.82. The maximum atomic E-state index is 13.2. The minimum Gasteiger partial charge on any atom is -0.351 e. The van der Waals surface area contributed by atoms with Crippen LogP contribution >= 0.6 is 0 Å². The molecule has 2 amide bonds. The van der Waals surface area contributed by atoms with E-state index >= 15 is 0 Å². The van der Waals surface area contributed by atoms with Gasteiger partial charge in [0.1, 0.15) is 6.29 Å². The molecule has 1 aromatic carbocycles. The number of carbonyl (C=O) groups is 2. The van der Waals surface area contributed by atoms with Crippen molar-refractivity contribution in [3.8, 4) is 0 Å². The summed E-state index contributed by atoms with van der Waals surface area (Å²) in [5, 5.41) is 0. The van der Waals surface area contributed by atoms with E-state index in [2.05, 4.69) is 0 Å². The van der Waals surface area contributed by atoms with Gasteiger partial charge >= 0.3 is 6.03 Å². The molecule has 0 aliphatic rings. The summed E-state index contributed by atoms with van der Waals surface area (Å²) in [5.74, 6) is -2.10. The van der Waals surface area contributed by atoms with Gasteiger partial charge in [0.2, 0.25) is 0 Å². The molecule has 1 unspecified atom stereocenters.